The summed E-state index contributed by atoms with van der Waals surface area (Å²) in [4.78, 5) is 18.2. The Balaban J connectivity index is 2.40. The Morgan fingerprint density at radius 1 is 1.45 bits per heavy atom. The molecule has 20 heavy (non-hydrogen) atoms. The summed E-state index contributed by atoms with van der Waals surface area (Å²) in [5.41, 5.74) is 5.93. The van der Waals surface area contributed by atoms with E-state index in [0.29, 0.717) is 24.9 Å². The summed E-state index contributed by atoms with van der Waals surface area (Å²) >= 11 is 0. The van der Waals surface area contributed by atoms with Crippen LogP contribution in [0.4, 0.5) is 4.79 Å². The lowest BCUT2D eigenvalue weighted by Crippen LogP contribution is -2.63. The van der Waals surface area contributed by atoms with Gasteiger partial charge < -0.3 is 15.4 Å². The lowest BCUT2D eigenvalue weighted by Gasteiger charge is -2.51. The average molecular weight is 281 g/mol. The highest BCUT2D eigenvalue weighted by Crippen LogP contribution is 2.49. The number of hydrogen-bond acceptors (Lipinski definition) is 3. The number of nitrogens with two attached hydrogens (primary N) is 1. The van der Waals surface area contributed by atoms with Gasteiger partial charge in [-0.2, -0.15) is 4.99 Å². The van der Waals surface area contributed by atoms with Crippen molar-refractivity contribution in [3.63, 3.8) is 0 Å². The van der Waals surface area contributed by atoms with Crippen LogP contribution in [-0.2, 0) is 4.74 Å². The van der Waals surface area contributed by atoms with Crippen LogP contribution >= 0.6 is 0 Å². The number of rotatable bonds is 3. The highest BCUT2D eigenvalue weighted by molar-refractivity contribution is 6.06. The first-order valence-corrected chi connectivity index (χ1v) is 7.49. The Kier molecular flexibility index (Phi) is 4.09. The number of carbonyl (C=O) groups is 1. The minimum Gasteiger partial charge on any atom is -0.385 e. The van der Waals surface area contributed by atoms with E-state index < -0.39 is 5.54 Å². The molecule has 1 fully saturated rings. The van der Waals surface area contributed by atoms with Crippen LogP contribution in [0, 0.1) is 11.3 Å². The van der Waals surface area contributed by atoms with E-state index in [9.17, 15) is 4.79 Å². The van der Waals surface area contributed by atoms with Crippen molar-refractivity contribution < 1.29 is 9.53 Å². The van der Waals surface area contributed by atoms with Crippen LogP contribution in [0.5, 0.6) is 0 Å². The molecule has 0 radical (unpaired) electrons. The summed E-state index contributed by atoms with van der Waals surface area (Å²) in [5.74, 6) is 0.856. The van der Waals surface area contributed by atoms with Crippen molar-refractivity contribution in [2.24, 2.45) is 22.1 Å². The molecule has 1 saturated carbocycles. The maximum Gasteiger partial charge on any atom is 0.346 e. The van der Waals surface area contributed by atoms with Gasteiger partial charge in [0.15, 0.2) is 0 Å². The van der Waals surface area contributed by atoms with Crippen LogP contribution in [0.2, 0.25) is 0 Å². The van der Waals surface area contributed by atoms with Gasteiger partial charge in [-0.05, 0) is 24.2 Å². The van der Waals surface area contributed by atoms with E-state index in [4.69, 9.17) is 10.5 Å². The molecular formula is C15H27N3O2. The number of hydrogen-bond donors (Lipinski definition) is 1. The van der Waals surface area contributed by atoms with Crippen molar-refractivity contribution in [3.8, 4) is 0 Å². The van der Waals surface area contributed by atoms with Crippen LogP contribution in [-0.4, -0.2) is 42.6 Å². The van der Waals surface area contributed by atoms with E-state index in [0.717, 1.165) is 19.3 Å². The number of aliphatic imine (C=N–C) groups is 1. The van der Waals surface area contributed by atoms with E-state index in [1.54, 1.807) is 7.11 Å². The second-order valence-corrected chi connectivity index (χ2v) is 7.01. The summed E-state index contributed by atoms with van der Waals surface area (Å²) in [6.45, 7) is 7.78. The van der Waals surface area contributed by atoms with Crippen LogP contribution < -0.4 is 5.73 Å². The molecule has 0 aromatic carbocycles. The Hall–Kier alpha value is -1.10. The molecule has 1 spiro atoms. The first kappa shape index (κ1) is 15.3. The van der Waals surface area contributed by atoms with Crippen LogP contribution in [0.25, 0.3) is 0 Å². The van der Waals surface area contributed by atoms with Crippen molar-refractivity contribution in [1.82, 2.24) is 4.90 Å². The third kappa shape index (κ3) is 2.32. The number of nitrogens with zero attached hydrogens (tertiary/aromatic N) is 2. The van der Waals surface area contributed by atoms with Gasteiger partial charge in [-0.15, -0.1) is 0 Å². The normalized spacial score (nSPS) is 31.0. The summed E-state index contributed by atoms with van der Waals surface area (Å²) < 4.78 is 5.16. The summed E-state index contributed by atoms with van der Waals surface area (Å²) in [5, 5.41) is 0. The maximum absolute atomic E-state index is 12.2. The van der Waals surface area contributed by atoms with Crippen LogP contribution in [0.15, 0.2) is 4.99 Å². The molecule has 1 heterocycles. The van der Waals surface area contributed by atoms with Gasteiger partial charge in [-0.1, -0.05) is 33.6 Å². The molecule has 114 valence electrons. The van der Waals surface area contributed by atoms with E-state index >= 15 is 0 Å². The molecule has 0 aromatic rings. The zero-order valence-electron chi connectivity index (χ0n) is 13.1. The average Bonchev–Trinajstić information content (AvgIpc) is 2.59. The van der Waals surface area contributed by atoms with Gasteiger partial charge >= 0.3 is 6.03 Å². The number of amidine groups is 1. The molecule has 1 aliphatic carbocycles. The van der Waals surface area contributed by atoms with E-state index in [2.05, 4.69) is 25.8 Å². The molecule has 1 aliphatic heterocycles. The van der Waals surface area contributed by atoms with Crippen molar-refractivity contribution in [2.45, 2.75) is 52.0 Å². The van der Waals surface area contributed by atoms with E-state index in [1.165, 1.54) is 6.42 Å². The minimum atomic E-state index is -0.397. The second-order valence-electron chi connectivity index (χ2n) is 7.01. The van der Waals surface area contributed by atoms with Crippen molar-refractivity contribution in [1.29, 1.82) is 0 Å². The van der Waals surface area contributed by atoms with Crippen LogP contribution in [0.3, 0.4) is 0 Å². The zero-order chi connectivity index (χ0) is 15.0. The molecule has 0 aromatic heterocycles. The highest BCUT2D eigenvalue weighted by Gasteiger charge is 2.57. The molecule has 2 atom stereocenters. The van der Waals surface area contributed by atoms with Crippen molar-refractivity contribution >= 4 is 11.9 Å². The predicted molar refractivity (Wildman–Crippen MR) is 79.7 cm³/mol. The molecule has 2 unspecified atom stereocenters. The van der Waals surface area contributed by atoms with Gasteiger partial charge in [0.05, 0.1) is 6.61 Å². The minimum absolute atomic E-state index is 0.0938. The first-order chi connectivity index (χ1) is 9.34. The van der Waals surface area contributed by atoms with Gasteiger partial charge in [-0.25, -0.2) is 4.79 Å². The number of carbonyl (C=O) groups excluding carboxylic acids is 1. The van der Waals surface area contributed by atoms with Gasteiger partial charge in [0.2, 0.25) is 0 Å². The number of ether oxygens (including phenoxy) is 1. The number of urea groups is 1. The lowest BCUT2D eigenvalue weighted by molar-refractivity contribution is 0.0206. The molecule has 2 amide bonds. The van der Waals surface area contributed by atoms with Crippen LogP contribution in [0.1, 0.15) is 46.5 Å². The highest BCUT2D eigenvalue weighted by atomic mass is 16.5. The summed E-state index contributed by atoms with van der Waals surface area (Å²) in [6.07, 6.45) is 4.30. The topological polar surface area (TPSA) is 67.9 Å². The maximum atomic E-state index is 12.2. The SMILES string of the molecule is COCCN1C(=O)N=C(N)C12CCCCC2C(C)(C)C. The predicted octanol–water partition coefficient (Wildman–Crippen LogP) is 2.40. The lowest BCUT2D eigenvalue weighted by atomic mass is 9.61. The molecule has 2 N–H and O–H groups in total. The third-order valence-electron chi connectivity index (χ3n) is 4.81. The zero-order valence-corrected chi connectivity index (χ0v) is 13.1. The molecule has 0 bridgehead atoms. The Labute approximate surface area is 121 Å². The third-order valence-corrected chi connectivity index (χ3v) is 4.81. The quantitative estimate of drug-likeness (QED) is 0.863. The smallest absolute Gasteiger partial charge is 0.346 e. The molecule has 5 nitrogen and oxygen atoms in total. The van der Waals surface area contributed by atoms with Gasteiger partial charge in [0.25, 0.3) is 0 Å². The van der Waals surface area contributed by atoms with E-state index in [-0.39, 0.29) is 11.4 Å². The standard InChI is InChI=1S/C15H27N3O2/c1-14(2,3)11-7-5-6-8-15(11)12(16)17-13(19)18(15)9-10-20-4/h11H,5-10H2,1-4H3,(H2,16,17,19). The molecule has 2 aliphatic rings. The Morgan fingerprint density at radius 2 is 2.15 bits per heavy atom. The van der Waals surface area contributed by atoms with Crippen molar-refractivity contribution in [3.05, 3.63) is 0 Å². The summed E-state index contributed by atoms with van der Waals surface area (Å²) in [7, 11) is 1.65. The van der Waals surface area contributed by atoms with E-state index in [1.807, 2.05) is 4.90 Å². The Bertz CT molecular complexity index is 414. The molecule has 5 heteroatoms. The van der Waals surface area contributed by atoms with Gasteiger partial charge in [-0.3, -0.25) is 0 Å². The Morgan fingerprint density at radius 3 is 2.75 bits per heavy atom. The fourth-order valence-corrected chi connectivity index (χ4v) is 3.98. The molecular weight excluding hydrogens is 254 g/mol. The number of methoxy groups -OCH3 is 1. The summed E-state index contributed by atoms with van der Waals surface area (Å²) in [6, 6.07) is -0.198. The molecule has 2 rings (SSSR count). The van der Waals surface area contributed by atoms with Gasteiger partial charge in [0, 0.05) is 13.7 Å². The second kappa shape index (κ2) is 5.35. The van der Waals surface area contributed by atoms with Gasteiger partial charge in [0.1, 0.15) is 11.4 Å². The fraction of sp³-hybridized carbons (Fsp3) is 0.867. The van der Waals surface area contributed by atoms with Crippen molar-refractivity contribution in [2.75, 3.05) is 20.3 Å². The fourth-order valence-electron chi connectivity index (χ4n) is 3.98. The molecule has 0 saturated heterocycles. The number of amides is 2. The monoisotopic (exact) mass is 281 g/mol. The first-order valence-electron chi connectivity index (χ1n) is 7.49. The largest absolute Gasteiger partial charge is 0.385 e.